The average molecular weight is 394 g/mol. The number of phenols is 2. The minimum Gasteiger partial charge on any atom is -0.507 e. The first-order valence-corrected chi connectivity index (χ1v) is 10.5. The second-order valence-electron chi connectivity index (χ2n) is 7.45. The molecule has 0 saturated heterocycles. The quantitative estimate of drug-likeness (QED) is 0.664. The first-order chi connectivity index (χ1) is 14.1. The zero-order chi connectivity index (χ0) is 20.6. The fourth-order valence-corrected chi connectivity index (χ4v) is 3.82. The molecule has 0 amide bonds. The molecule has 0 unspecified atom stereocenters. The molecule has 0 bridgehead atoms. The van der Waals surface area contributed by atoms with Gasteiger partial charge in [0.1, 0.15) is 11.5 Å². The minimum atomic E-state index is 0.0855. The Bertz CT molecular complexity index is 859. The van der Waals surface area contributed by atoms with Crippen molar-refractivity contribution in [1.82, 2.24) is 0 Å². The number of nitrogens with zero attached hydrogens (tertiary/aromatic N) is 3. The van der Waals surface area contributed by atoms with Crippen LogP contribution in [0.4, 0.5) is 5.69 Å². The van der Waals surface area contributed by atoms with E-state index < -0.39 is 0 Å². The normalized spacial score (nSPS) is 19.8. The Morgan fingerprint density at radius 2 is 1.45 bits per heavy atom. The largest absolute Gasteiger partial charge is 0.507 e. The molecule has 29 heavy (non-hydrogen) atoms. The molecule has 0 radical (unpaired) electrons. The number of para-hydroxylation sites is 1. The number of hydrogen-bond donors (Lipinski definition) is 2. The maximum absolute atomic E-state index is 10.3. The number of hydrogen-bond acceptors (Lipinski definition) is 5. The molecule has 3 rings (SSSR count). The van der Waals surface area contributed by atoms with Crippen LogP contribution in [0.15, 0.2) is 52.4 Å². The van der Waals surface area contributed by atoms with Gasteiger partial charge in [0.2, 0.25) is 0 Å². The zero-order valence-corrected chi connectivity index (χ0v) is 17.3. The van der Waals surface area contributed by atoms with Crippen LogP contribution in [0.2, 0.25) is 0 Å². The maximum Gasteiger partial charge on any atom is 0.124 e. The number of aromatic hydroxyl groups is 2. The molecule has 154 valence electrons. The van der Waals surface area contributed by atoms with Gasteiger partial charge in [0.05, 0.1) is 12.1 Å². The van der Waals surface area contributed by atoms with E-state index in [1.165, 1.54) is 0 Å². The first kappa shape index (κ1) is 20.9. The van der Waals surface area contributed by atoms with Gasteiger partial charge < -0.3 is 15.1 Å². The van der Waals surface area contributed by atoms with Gasteiger partial charge in [-0.25, -0.2) is 0 Å². The van der Waals surface area contributed by atoms with Crippen LogP contribution in [0.1, 0.15) is 50.7 Å². The van der Waals surface area contributed by atoms with E-state index in [0.29, 0.717) is 0 Å². The van der Waals surface area contributed by atoms with Gasteiger partial charge in [-0.3, -0.25) is 9.98 Å². The predicted octanol–water partition coefficient (Wildman–Crippen LogP) is 4.79. The van der Waals surface area contributed by atoms with Gasteiger partial charge in [0.25, 0.3) is 0 Å². The van der Waals surface area contributed by atoms with E-state index in [4.69, 9.17) is 9.98 Å². The van der Waals surface area contributed by atoms with Crippen LogP contribution in [0.25, 0.3) is 0 Å². The third kappa shape index (κ3) is 5.37. The standard InChI is InChI=1S/C24H31N3O2/c1-3-27(4-2)20-13-14-24(29)19(15-20)17-26-22-11-7-6-10-21(22)25-16-18-9-5-8-12-23(18)28/h5,8-9,12-17,21-22,28-29H,3-4,6-7,10-11H2,1-2H3/t21-,22-/m1/s1. The van der Waals surface area contributed by atoms with Crippen molar-refractivity contribution in [2.24, 2.45) is 9.98 Å². The Morgan fingerprint density at radius 1 is 0.862 bits per heavy atom. The molecule has 0 spiro atoms. The van der Waals surface area contributed by atoms with Gasteiger partial charge in [-0.05, 0) is 57.0 Å². The van der Waals surface area contributed by atoms with Crippen LogP contribution in [0, 0.1) is 0 Å². The smallest absolute Gasteiger partial charge is 0.124 e. The van der Waals surface area contributed by atoms with E-state index in [2.05, 4.69) is 18.7 Å². The summed E-state index contributed by atoms with van der Waals surface area (Å²) in [5.74, 6) is 0.486. The molecule has 5 heteroatoms. The molecule has 0 aromatic heterocycles. The Balaban J connectivity index is 1.77. The second kappa shape index (κ2) is 10.1. The summed E-state index contributed by atoms with van der Waals surface area (Å²) in [4.78, 5) is 11.8. The Kier molecular flexibility index (Phi) is 7.28. The molecule has 2 aromatic rings. The molecule has 2 atom stereocenters. The molecule has 2 aromatic carbocycles. The summed E-state index contributed by atoms with van der Waals surface area (Å²) in [6, 6.07) is 13.1. The minimum absolute atomic E-state index is 0.0855. The number of aliphatic imine (C=N–C) groups is 2. The van der Waals surface area contributed by atoms with Gasteiger partial charge in [0, 0.05) is 42.3 Å². The molecule has 5 nitrogen and oxygen atoms in total. The van der Waals surface area contributed by atoms with Gasteiger partial charge >= 0.3 is 0 Å². The molecule has 1 fully saturated rings. The monoisotopic (exact) mass is 393 g/mol. The summed E-state index contributed by atoms with van der Waals surface area (Å²) in [7, 11) is 0. The van der Waals surface area contributed by atoms with E-state index in [1.807, 2.05) is 24.3 Å². The molecule has 1 aliphatic carbocycles. The van der Waals surface area contributed by atoms with E-state index in [1.54, 1.807) is 30.6 Å². The fraction of sp³-hybridized carbons (Fsp3) is 0.417. The van der Waals surface area contributed by atoms with Crippen molar-refractivity contribution < 1.29 is 10.2 Å². The maximum atomic E-state index is 10.3. The van der Waals surface area contributed by atoms with Gasteiger partial charge in [-0.2, -0.15) is 0 Å². The fourth-order valence-electron chi connectivity index (χ4n) is 3.82. The Labute approximate surface area is 173 Å². The van der Waals surface area contributed by atoms with Crippen LogP contribution in [-0.2, 0) is 0 Å². The van der Waals surface area contributed by atoms with Crippen molar-refractivity contribution >= 4 is 18.1 Å². The summed E-state index contributed by atoms with van der Waals surface area (Å²) in [6.07, 6.45) is 7.79. The number of benzene rings is 2. The molecule has 1 aliphatic rings. The summed E-state index contributed by atoms with van der Waals surface area (Å²) < 4.78 is 0. The second-order valence-corrected chi connectivity index (χ2v) is 7.45. The number of rotatable bonds is 7. The van der Waals surface area contributed by atoms with Crippen LogP contribution in [0.5, 0.6) is 11.5 Å². The lowest BCUT2D eigenvalue weighted by Gasteiger charge is -2.25. The van der Waals surface area contributed by atoms with Crippen LogP contribution >= 0.6 is 0 Å². The first-order valence-electron chi connectivity index (χ1n) is 10.5. The lowest BCUT2D eigenvalue weighted by Crippen LogP contribution is -2.27. The number of phenolic OH excluding ortho intramolecular Hbond substituents is 2. The zero-order valence-electron chi connectivity index (χ0n) is 17.3. The molecular formula is C24H31N3O2. The van der Waals surface area contributed by atoms with Crippen LogP contribution in [-0.4, -0.2) is 47.8 Å². The van der Waals surface area contributed by atoms with E-state index in [-0.39, 0.29) is 23.6 Å². The summed E-state index contributed by atoms with van der Waals surface area (Å²) in [5, 5.41) is 20.2. The lowest BCUT2D eigenvalue weighted by molar-refractivity contribution is 0.390. The van der Waals surface area contributed by atoms with Gasteiger partial charge in [-0.1, -0.05) is 25.0 Å². The van der Waals surface area contributed by atoms with E-state index in [0.717, 1.165) is 55.6 Å². The highest BCUT2D eigenvalue weighted by molar-refractivity contribution is 5.85. The van der Waals surface area contributed by atoms with Gasteiger partial charge in [0.15, 0.2) is 0 Å². The predicted molar refractivity (Wildman–Crippen MR) is 121 cm³/mol. The molecule has 0 aliphatic heterocycles. The van der Waals surface area contributed by atoms with Crippen molar-refractivity contribution in [2.45, 2.75) is 51.6 Å². The lowest BCUT2D eigenvalue weighted by atomic mass is 9.91. The van der Waals surface area contributed by atoms with E-state index >= 15 is 0 Å². The highest BCUT2D eigenvalue weighted by Crippen LogP contribution is 2.26. The third-order valence-corrected chi connectivity index (χ3v) is 5.58. The van der Waals surface area contributed by atoms with E-state index in [9.17, 15) is 10.2 Å². The Hall–Kier alpha value is -2.82. The number of anilines is 1. The van der Waals surface area contributed by atoms with Gasteiger partial charge in [-0.15, -0.1) is 0 Å². The third-order valence-electron chi connectivity index (χ3n) is 5.58. The molecule has 2 N–H and O–H groups in total. The highest BCUT2D eigenvalue weighted by Gasteiger charge is 2.23. The molecular weight excluding hydrogens is 362 g/mol. The summed E-state index contributed by atoms with van der Waals surface area (Å²) in [5.41, 5.74) is 2.56. The van der Waals surface area contributed by atoms with Crippen molar-refractivity contribution in [3.05, 3.63) is 53.6 Å². The SMILES string of the molecule is CCN(CC)c1ccc(O)c(C=N[C@@H]2CCCC[C@H]2N=Cc2ccccc2O)c1. The molecule has 1 saturated carbocycles. The molecule has 0 heterocycles. The van der Waals surface area contributed by atoms with Crippen molar-refractivity contribution in [2.75, 3.05) is 18.0 Å². The summed E-state index contributed by atoms with van der Waals surface area (Å²) >= 11 is 0. The Morgan fingerprint density at radius 3 is 2.07 bits per heavy atom. The highest BCUT2D eigenvalue weighted by atomic mass is 16.3. The van der Waals surface area contributed by atoms with Crippen molar-refractivity contribution in [3.63, 3.8) is 0 Å². The van der Waals surface area contributed by atoms with Crippen LogP contribution in [0.3, 0.4) is 0 Å². The van der Waals surface area contributed by atoms with Crippen molar-refractivity contribution in [1.29, 1.82) is 0 Å². The average Bonchev–Trinajstić information content (AvgIpc) is 2.75. The van der Waals surface area contributed by atoms with Crippen LogP contribution < -0.4 is 4.90 Å². The topological polar surface area (TPSA) is 68.4 Å². The summed E-state index contributed by atoms with van der Waals surface area (Å²) in [6.45, 7) is 6.09. The van der Waals surface area contributed by atoms with Crippen molar-refractivity contribution in [3.8, 4) is 11.5 Å².